The van der Waals surface area contributed by atoms with Crippen LogP contribution in [0.3, 0.4) is 0 Å². The Morgan fingerprint density at radius 3 is 2.71 bits per heavy atom. The van der Waals surface area contributed by atoms with Crippen molar-refractivity contribution in [1.82, 2.24) is 9.29 Å². The summed E-state index contributed by atoms with van der Waals surface area (Å²) in [5.74, 6) is 0.138. The van der Waals surface area contributed by atoms with E-state index in [1.807, 2.05) is 13.8 Å². The molecule has 21 heavy (non-hydrogen) atoms. The molecule has 0 aromatic carbocycles. The number of amidine groups is 1. The van der Waals surface area contributed by atoms with E-state index in [2.05, 4.69) is 26.1 Å². The third kappa shape index (κ3) is 5.25. The zero-order chi connectivity index (χ0) is 16.0. The maximum atomic E-state index is 12.6. The predicted molar refractivity (Wildman–Crippen MR) is 83.6 cm³/mol. The van der Waals surface area contributed by atoms with Gasteiger partial charge in [-0.25, -0.2) is 8.42 Å². The highest BCUT2D eigenvalue weighted by atomic mass is 79.9. The van der Waals surface area contributed by atoms with Gasteiger partial charge in [-0.2, -0.15) is 4.31 Å². The second-order valence-electron chi connectivity index (χ2n) is 4.94. The van der Waals surface area contributed by atoms with Crippen molar-refractivity contribution in [3.8, 4) is 0 Å². The van der Waals surface area contributed by atoms with Crippen LogP contribution in [0.1, 0.15) is 20.3 Å². The third-order valence-electron chi connectivity index (χ3n) is 2.63. The summed E-state index contributed by atoms with van der Waals surface area (Å²) in [6, 6.07) is 1.50. The van der Waals surface area contributed by atoms with Crippen LogP contribution >= 0.6 is 15.9 Å². The lowest BCUT2D eigenvalue weighted by Gasteiger charge is -2.23. The van der Waals surface area contributed by atoms with Gasteiger partial charge in [0.1, 0.15) is 10.7 Å². The predicted octanol–water partition coefficient (Wildman–Crippen LogP) is 1.63. The molecule has 0 spiro atoms. The van der Waals surface area contributed by atoms with Crippen LogP contribution in [0.25, 0.3) is 0 Å². The Balaban J connectivity index is 3.05. The summed E-state index contributed by atoms with van der Waals surface area (Å²) >= 11 is 3.21. The Morgan fingerprint density at radius 2 is 2.19 bits per heavy atom. The maximum Gasteiger partial charge on any atom is 0.244 e. The van der Waals surface area contributed by atoms with E-state index in [4.69, 9.17) is 10.9 Å². The average Bonchev–Trinajstić information content (AvgIpc) is 2.42. The molecule has 0 aliphatic heterocycles. The molecule has 0 bridgehead atoms. The summed E-state index contributed by atoms with van der Waals surface area (Å²) in [4.78, 5) is 3.99. The van der Waals surface area contributed by atoms with Crippen LogP contribution in [0, 0.1) is 5.92 Å². The van der Waals surface area contributed by atoms with Gasteiger partial charge in [-0.05, 0) is 27.9 Å². The molecule has 0 fully saturated rings. The fourth-order valence-corrected chi connectivity index (χ4v) is 3.80. The fourth-order valence-electron chi connectivity index (χ4n) is 1.69. The van der Waals surface area contributed by atoms with Crippen molar-refractivity contribution in [2.45, 2.75) is 25.2 Å². The summed E-state index contributed by atoms with van der Waals surface area (Å²) in [7, 11) is -3.67. The molecular weight excluding hydrogens is 360 g/mol. The van der Waals surface area contributed by atoms with Gasteiger partial charge in [-0.1, -0.05) is 19.0 Å². The Bertz CT molecular complexity index is 604. The van der Waals surface area contributed by atoms with Gasteiger partial charge in [0.05, 0.1) is 0 Å². The number of halogens is 1. The van der Waals surface area contributed by atoms with E-state index < -0.39 is 10.0 Å². The van der Waals surface area contributed by atoms with Crippen molar-refractivity contribution in [2.24, 2.45) is 16.8 Å². The van der Waals surface area contributed by atoms with E-state index in [0.29, 0.717) is 11.0 Å². The van der Waals surface area contributed by atoms with E-state index in [0.717, 1.165) is 0 Å². The lowest BCUT2D eigenvalue weighted by molar-refractivity contribution is 0.314. The first kappa shape index (κ1) is 17.9. The molecule has 9 heteroatoms. The van der Waals surface area contributed by atoms with Crippen LogP contribution in [-0.4, -0.2) is 41.8 Å². The Hall–Kier alpha value is -1.19. The minimum absolute atomic E-state index is 0.00803. The minimum atomic E-state index is -3.67. The Morgan fingerprint density at radius 1 is 1.52 bits per heavy atom. The Kier molecular flexibility index (Phi) is 6.56. The molecule has 0 aliphatic carbocycles. The summed E-state index contributed by atoms with van der Waals surface area (Å²) in [5, 5.41) is 11.4. The second kappa shape index (κ2) is 7.71. The second-order valence-corrected chi connectivity index (χ2v) is 7.79. The number of nitrogens with zero attached hydrogens (tertiary/aromatic N) is 3. The molecule has 1 rings (SSSR count). The molecule has 1 aromatic rings. The summed E-state index contributed by atoms with van der Waals surface area (Å²) in [6.07, 6.45) is 2.98. The standard InChI is InChI=1S/C12H19BrN4O3S/c1-9(2)8-17(4-3-12(14)16-18)21(19,20)11-5-10(13)6-15-7-11/h5-7,9,18H,3-4,8H2,1-2H3,(H2,14,16). The zero-order valence-corrected chi connectivity index (χ0v) is 14.3. The molecule has 1 aromatic heterocycles. The molecule has 0 saturated heterocycles. The van der Waals surface area contributed by atoms with Crippen molar-refractivity contribution >= 4 is 31.8 Å². The lowest BCUT2D eigenvalue weighted by Crippen LogP contribution is -2.36. The minimum Gasteiger partial charge on any atom is -0.409 e. The molecule has 1 heterocycles. The largest absolute Gasteiger partial charge is 0.409 e. The number of hydrogen-bond acceptors (Lipinski definition) is 5. The van der Waals surface area contributed by atoms with Crippen molar-refractivity contribution < 1.29 is 13.6 Å². The van der Waals surface area contributed by atoms with Gasteiger partial charge in [-0.3, -0.25) is 4.98 Å². The van der Waals surface area contributed by atoms with Gasteiger partial charge >= 0.3 is 0 Å². The first-order valence-corrected chi connectivity index (χ1v) is 8.57. The highest BCUT2D eigenvalue weighted by molar-refractivity contribution is 9.10. The van der Waals surface area contributed by atoms with Crippen molar-refractivity contribution in [2.75, 3.05) is 13.1 Å². The van der Waals surface area contributed by atoms with E-state index >= 15 is 0 Å². The van der Waals surface area contributed by atoms with Gasteiger partial charge < -0.3 is 10.9 Å². The molecule has 0 atom stereocenters. The number of aromatic nitrogens is 1. The quantitative estimate of drug-likeness (QED) is 0.324. The van der Waals surface area contributed by atoms with Gasteiger partial charge in [-0.15, -0.1) is 0 Å². The van der Waals surface area contributed by atoms with Crippen LogP contribution < -0.4 is 5.73 Å². The van der Waals surface area contributed by atoms with Crippen LogP contribution in [0.2, 0.25) is 0 Å². The van der Waals surface area contributed by atoms with Gasteiger partial charge in [0.25, 0.3) is 0 Å². The number of pyridine rings is 1. The number of nitrogens with two attached hydrogens (primary N) is 1. The SMILES string of the molecule is CC(C)CN(CCC(N)=NO)S(=O)(=O)c1cncc(Br)c1. The van der Waals surface area contributed by atoms with E-state index in [-0.39, 0.29) is 29.6 Å². The number of oxime groups is 1. The first-order chi connectivity index (χ1) is 9.77. The van der Waals surface area contributed by atoms with Gasteiger partial charge in [0.15, 0.2) is 0 Å². The zero-order valence-electron chi connectivity index (χ0n) is 11.9. The molecule has 7 nitrogen and oxygen atoms in total. The van der Waals surface area contributed by atoms with Gasteiger partial charge in [0, 0.05) is 36.4 Å². The first-order valence-electron chi connectivity index (χ1n) is 6.34. The smallest absolute Gasteiger partial charge is 0.244 e. The van der Waals surface area contributed by atoms with Crippen molar-refractivity contribution in [3.05, 3.63) is 22.9 Å². The molecule has 0 radical (unpaired) electrons. The number of hydrogen-bond donors (Lipinski definition) is 2. The summed E-state index contributed by atoms with van der Waals surface area (Å²) in [5.41, 5.74) is 5.42. The molecular formula is C12H19BrN4O3S. The van der Waals surface area contributed by atoms with E-state index in [1.54, 1.807) is 0 Å². The van der Waals surface area contributed by atoms with Crippen LogP contribution in [-0.2, 0) is 10.0 Å². The fraction of sp³-hybridized carbons (Fsp3) is 0.500. The molecule has 0 amide bonds. The summed E-state index contributed by atoms with van der Waals surface area (Å²) < 4.78 is 27.2. The molecule has 118 valence electrons. The van der Waals surface area contributed by atoms with E-state index in [1.165, 1.54) is 22.8 Å². The van der Waals surface area contributed by atoms with Crippen LogP contribution in [0.4, 0.5) is 0 Å². The average molecular weight is 379 g/mol. The number of sulfonamides is 1. The van der Waals surface area contributed by atoms with E-state index in [9.17, 15) is 8.42 Å². The highest BCUT2D eigenvalue weighted by Crippen LogP contribution is 2.20. The maximum absolute atomic E-state index is 12.6. The lowest BCUT2D eigenvalue weighted by atomic mass is 10.2. The van der Waals surface area contributed by atoms with Crippen molar-refractivity contribution in [1.29, 1.82) is 0 Å². The molecule has 0 aliphatic rings. The van der Waals surface area contributed by atoms with Crippen LogP contribution in [0.15, 0.2) is 33.0 Å². The molecule has 0 unspecified atom stereocenters. The topological polar surface area (TPSA) is 109 Å². The van der Waals surface area contributed by atoms with Crippen molar-refractivity contribution in [3.63, 3.8) is 0 Å². The summed E-state index contributed by atoms with van der Waals surface area (Å²) in [6.45, 7) is 4.33. The highest BCUT2D eigenvalue weighted by Gasteiger charge is 2.25. The molecule has 0 saturated carbocycles. The Labute approximate surface area is 133 Å². The van der Waals surface area contributed by atoms with Gasteiger partial charge in [0.2, 0.25) is 10.0 Å². The molecule has 3 N–H and O–H groups in total. The van der Waals surface area contributed by atoms with Crippen LogP contribution in [0.5, 0.6) is 0 Å². The normalized spacial score (nSPS) is 13.1. The number of rotatable bonds is 7. The third-order valence-corrected chi connectivity index (χ3v) is 4.90. The monoisotopic (exact) mass is 378 g/mol.